The molecular formula is C17H28N4O. The maximum Gasteiger partial charge on any atom is 0.317 e. The second-order valence-electron chi connectivity index (χ2n) is 6.42. The van der Waals surface area contributed by atoms with Crippen LogP contribution in [0.4, 0.5) is 4.79 Å². The summed E-state index contributed by atoms with van der Waals surface area (Å²) in [5.74, 6) is 0.579. The van der Waals surface area contributed by atoms with Crippen LogP contribution in [0.5, 0.6) is 0 Å². The molecule has 0 aromatic carbocycles. The van der Waals surface area contributed by atoms with Gasteiger partial charge in [-0.15, -0.1) is 0 Å². The minimum absolute atomic E-state index is 0.0129. The Bertz CT molecular complexity index is 463. The topological polar surface area (TPSA) is 48.5 Å². The van der Waals surface area contributed by atoms with E-state index in [4.69, 9.17) is 0 Å². The summed E-state index contributed by atoms with van der Waals surface area (Å²) >= 11 is 0. The van der Waals surface area contributed by atoms with Gasteiger partial charge in [0, 0.05) is 51.0 Å². The van der Waals surface area contributed by atoms with E-state index in [0.717, 1.165) is 31.7 Å². The van der Waals surface area contributed by atoms with Gasteiger partial charge in [-0.3, -0.25) is 4.98 Å². The smallest absolute Gasteiger partial charge is 0.317 e. The Labute approximate surface area is 133 Å². The summed E-state index contributed by atoms with van der Waals surface area (Å²) < 4.78 is 0. The Morgan fingerprint density at radius 1 is 1.50 bits per heavy atom. The molecule has 0 radical (unpaired) electrons. The van der Waals surface area contributed by atoms with Gasteiger partial charge in [-0.1, -0.05) is 6.07 Å². The van der Waals surface area contributed by atoms with Crippen molar-refractivity contribution in [2.24, 2.45) is 5.92 Å². The fourth-order valence-corrected chi connectivity index (χ4v) is 2.79. The van der Waals surface area contributed by atoms with Crippen molar-refractivity contribution in [1.29, 1.82) is 0 Å². The zero-order valence-electron chi connectivity index (χ0n) is 14.0. The number of pyridine rings is 1. The van der Waals surface area contributed by atoms with Gasteiger partial charge < -0.3 is 15.1 Å². The van der Waals surface area contributed by atoms with Gasteiger partial charge in [0.25, 0.3) is 0 Å². The third-order valence-electron chi connectivity index (χ3n) is 4.37. The van der Waals surface area contributed by atoms with E-state index in [0.29, 0.717) is 18.5 Å². The van der Waals surface area contributed by atoms with Crippen molar-refractivity contribution in [3.63, 3.8) is 0 Å². The van der Waals surface area contributed by atoms with Crippen LogP contribution in [0.2, 0.25) is 0 Å². The van der Waals surface area contributed by atoms with Crippen molar-refractivity contribution in [2.75, 3.05) is 33.2 Å². The van der Waals surface area contributed by atoms with Crippen molar-refractivity contribution in [3.05, 3.63) is 30.1 Å². The maximum atomic E-state index is 12.1. The van der Waals surface area contributed by atoms with E-state index >= 15 is 0 Å². The third kappa shape index (κ3) is 4.98. The molecular weight excluding hydrogens is 276 g/mol. The van der Waals surface area contributed by atoms with Crippen LogP contribution in [0.3, 0.4) is 0 Å². The molecule has 2 rings (SSSR count). The summed E-state index contributed by atoms with van der Waals surface area (Å²) in [6.07, 6.45) is 3.75. The van der Waals surface area contributed by atoms with E-state index in [1.54, 1.807) is 11.1 Å². The molecule has 0 spiro atoms. The molecule has 1 N–H and O–H groups in total. The van der Waals surface area contributed by atoms with Gasteiger partial charge in [-0.05, 0) is 44.9 Å². The number of aromatic nitrogens is 1. The average Bonchev–Trinajstić information content (AvgIpc) is 3.00. The van der Waals surface area contributed by atoms with E-state index < -0.39 is 0 Å². The summed E-state index contributed by atoms with van der Waals surface area (Å²) in [6.45, 7) is 8.16. The minimum atomic E-state index is 0.0129. The molecule has 5 nitrogen and oxygen atoms in total. The van der Waals surface area contributed by atoms with Gasteiger partial charge in [0.05, 0.1) is 0 Å². The van der Waals surface area contributed by atoms with Crippen LogP contribution in [-0.2, 0) is 6.42 Å². The van der Waals surface area contributed by atoms with Crippen LogP contribution in [-0.4, -0.2) is 60.1 Å². The van der Waals surface area contributed by atoms with Gasteiger partial charge in [0.2, 0.25) is 0 Å². The largest absolute Gasteiger partial charge is 0.338 e. The van der Waals surface area contributed by atoms with Gasteiger partial charge in [0.15, 0.2) is 0 Å². The Morgan fingerprint density at radius 3 is 2.95 bits per heavy atom. The predicted molar refractivity (Wildman–Crippen MR) is 88.8 cm³/mol. The highest BCUT2D eigenvalue weighted by Gasteiger charge is 2.24. The molecule has 122 valence electrons. The number of likely N-dealkylation sites (N-methyl/N-ethyl adjacent to an activating group) is 1. The summed E-state index contributed by atoms with van der Waals surface area (Å²) in [7, 11) is 1.84. The lowest BCUT2D eigenvalue weighted by atomic mass is 10.1. The molecule has 1 saturated heterocycles. The molecule has 2 heterocycles. The lowest BCUT2D eigenvalue weighted by Crippen LogP contribution is -2.41. The second-order valence-corrected chi connectivity index (χ2v) is 6.42. The zero-order chi connectivity index (χ0) is 15.9. The third-order valence-corrected chi connectivity index (χ3v) is 4.37. The fraction of sp³-hybridized carbons (Fsp3) is 0.647. The Hall–Kier alpha value is -1.62. The molecule has 1 aromatic heterocycles. The van der Waals surface area contributed by atoms with E-state index in [9.17, 15) is 4.79 Å². The van der Waals surface area contributed by atoms with Crippen LogP contribution >= 0.6 is 0 Å². The molecule has 1 aromatic rings. The number of rotatable bonds is 6. The highest BCUT2D eigenvalue weighted by molar-refractivity contribution is 5.73. The van der Waals surface area contributed by atoms with Crippen LogP contribution < -0.4 is 5.32 Å². The SMILES string of the molecule is CC(C)N1CC[C@@H](CNC(=O)N(C)CCc2ccccn2)C1. The average molecular weight is 304 g/mol. The molecule has 1 aliphatic rings. The maximum absolute atomic E-state index is 12.1. The number of hydrogen-bond acceptors (Lipinski definition) is 3. The van der Waals surface area contributed by atoms with E-state index in [2.05, 4.69) is 29.0 Å². The first-order chi connectivity index (χ1) is 10.6. The van der Waals surface area contributed by atoms with Crippen molar-refractivity contribution >= 4 is 6.03 Å². The van der Waals surface area contributed by atoms with Crippen LogP contribution in [0.1, 0.15) is 26.0 Å². The molecule has 22 heavy (non-hydrogen) atoms. The van der Waals surface area contributed by atoms with Crippen LogP contribution in [0.15, 0.2) is 24.4 Å². The number of hydrogen-bond donors (Lipinski definition) is 1. The van der Waals surface area contributed by atoms with Gasteiger partial charge in [-0.25, -0.2) is 4.79 Å². The summed E-state index contributed by atoms with van der Waals surface area (Å²) in [4.78, 5) is 20.6. The van der Waals surface area contributed by atoms with Gasteiger partial charge >= 0.3 is 6.03 Å². The molecule has 1 aliphatic heterocycles. The number of nitrogens with one attached hydrogen (secondary N) is 1. The quantitative estimate of drug-likeness (QED) is 0.874. The van der Waals surface area contributed by atoms with Gasteiger partial charge in [-0.2, -0.15) is 0 Å². The van der Waals surface area contributed by atoms with Crippen molar-refractivity contribution < 1.29 is 4.79 Å². The fourth-order valence-electron chi connectivity index (χ4n) is 2.79. The number of carbonyl (C=O) groups excluding carboxylic acids is 1. The van der Waals surface area contributed by atoms with Crippen molar-refractivity contribution in [1.82, 2.24) is 20.1 Å². The number of nitrogens with zero attached hydrogens (tertiary/aromatic N) is 3. The number of likely N-dealkylation sites (tertiary alicyclic amines) is 1. The monoisotopic (exact) mass is 304 g/mol. The highest BCUT2D eigenvalue weighted by Crippen LogP contribution is 2.17. The second kappa shape index (κ2) is 8.13. The summed E-state index contributed by atoms with van der Waals surface area (Å²) in [5, 5.41) is 3.06. The molecule has 5 heteroatoms. The lowest BCUT2D eigenvalue weighted by molar-refractivity contribution is 0.206. The minimum Gasteiger partial charge on any atom is -0.338 e. The first kappa shape index (κ1) is 16.7. The number of amides is 2. The Balaban J connectivity index is 1.66. The molecule has 0 aliphatic carbocycles. The molecule has 1 fully saturated rings. The molecule has 0 bridgehead atoms. The molecule has 2 amide bonds. The van der Waals surface area contributed by atoms with Crippen LogP contribution in [0, 0.1) is 5.92 Å². The van der Waals surface area contributed by atoms with Crippen molar-refractivity contribution in [2.45, 2.75) is 32.7 Å². The Kier molecular flexibility index (Phi) is 6.19. The molecule has 0 saturated carbocycles. The lowest BCUT2D eigenvalue weighted by Gasteiger charge is -2.21. The van der Waals surface area contributed by atoms with Crippen molar-refractivity contribution in [3.8, 4) is 0 Å². The molecule has 1 atom stereocenters. The number of carbonyl (C=O) groups is 1. The standard InChI is InChI=1S/C17H28N4O/c1-14(2)21-11-7-15(13-21)12-19-17(22)20(3)10-8-16-6-4-5-9-18-16/h4-6,9,14-15H,7-8,10-13H2,1-3H3,(H,19,22)/t15-/m0/s1. The predicted octanol–water partition coefficient (Wildman–Crippen LogP) is 2.00. The van der Waals surface area contributed by atoms with E-state index in [1.807, 2.05) is 25.2 Å². The Morgan fingerprint density at radius 2 is 2.32 bits per heavy atom. The normalized spacial score (nSPS) is 18.6. The summed E-state index contributed by atoms with van der Waals surface area (Å²) in [6, 6.07) is 6.48. The molecule has 0 unspecified atom stereocenters. The number of urea groups is 1. The zero-order valence-corrected chi connectivity index (χ0v) is 14.0. The van der Waals surface area contributed by atoms with Gasteiger partial charge in [0.1, 0.15) is 0 Å². The van der Waals surface area contributed by atoms with E-state index in [1.165, 1.54) is 6.42 Å². The highest BCUT2D eigenvalue weighted by atomic mass is 16.2. The van der Waals surface area contributed by atoms with E-state index in [-0.39, 0.29) is 6.03 Å². The summed E-state index contributed by atoms with van der Waals surface area (Å²) in [5.41, 5.74) is 1.02. The van der Waals surface area contributed by atoms with Crippen LogP contribution in [0.25, 0.3) is 0 Å². The first-order valence-electron chi connectivity index (χ1n) is 8.19. The first-order valence-corrected chi connectivity index (χ1v) is 8.19.